The third-order valence-corrected chi connectivity index (χ3v) is 4.25. The minimum atomic E-state index is -0.135. The van der Waals surface area contributed by atoms with Crippen LogP contribution in [0.25, 0.3) is 0 Å². The maximum absolute atomic E-state index is 12.7. The predicted octanol–water partition coefficient (Wildman–Crippen LogP) is 2.02. The van der Waals surface area contributed by atoms with Gasteiger partial charge in [0.25, 0.3) is 5.91 Å². The lowest BCUT2D eigenvalue weighted by Crippen LogP contribution is -2.49. The van der Waals surface area contributed by atoms with E-state index in [-0.39, 0.29) is 18.0 Å². The van der Waals surface area contributed by atoms with Crippen molar-refractivity contribution in [2.24, 2.45) is 0 Å². The first-order valence-corrected chi connectivity index (χ1v) is 8.64. The average molecular weight is 349 g/mol. The van der Waals surface area contributed by atoms with Crippen molar-refractivity contribution < 1.29 is 19.1 Å². The summed E-state index contributed by atoms with van der Waals surface area (Å²) in [4.78, 5) is 26.2. The molecule has 3 amide bonds. The van der Waals surface area contributed by atoms with Crippen LogP contribution in [0.5, 0.6) is 11.5 Å². The Balaban J connectivity index is 1.92. The molecule has 7 nitrogen and oxygen atoms in total. The molecule has 1 saturated heterocycles. The van der Waals surface area contributed by atoms with Crippen molar-refractivity contribution in [2.45, 2.75) is 32.2 Å². The lowest BCUT2D eigenvalue weighted by atomic mass is 10.0. The standard InChI is InChI=1S/C18H27N3O4/c1-4-7-19-18(23)20-14-5-8-21(9-6-14)17(22)13-10-15(24-2)12-16(11-13)25-3/h10-12,14H,4-9H2,1-3H3,(H2,19,20,23). The molecule has 0 spiro atoms. The van der Waals surface area contributed by atoms with Crippen molar-refractivity contribution in [1.29, 1.82) is 0 Å². The first kappa shape index (κ1) is 18.9. The fraction of sp³-hybridized carbons (Fsp3) is 0.556. The highest BCUT2D eigenvalue weighted by molar-refractivity contribution is 5.95. The highest BCUT2D eigenvalue weighted by Crippen LogP contribution is 2.24. The van der Waals surface area contributed by atoms with Gasteiger partial charge in [0, 0.05) is 37.3 Å². The zero-order valence-electron chi connectivity index (χ0n) is 15.1. The van der Waals surface area contributed by atoms with Gasteiger partial charge in [0.1, 0.15) is 11.5 Å². The Hall–Kier alpha value is -2.44. The third kappa shape index (κ3) is 5.27. The number of hydrogen-bond donors (Lipinski definition) is 2. The number of likely N-dealkylation sites (tertiary alicyclic amines) is 1. The quantitative estimate of drug-likeness (QED) is 0.823. The summed E-state index contributed by atoms with van der Waals surface area (Å²) in [6, 6.07) is 5.13. The van der Waals surface area contributed by atoms with Crippen molar-refractivity contribution in [1.82, 2.24) is 15.5 Å². The molecule has 1 heterocycles. The highest BCUT2D eigenvalue weighted by Gasteiger charge is 2.25. The molecule has 0 unspecified atom stereocenters. The van der Waals surface area contributed by atoms with E-state index in [2.05, 4.69) is 10.6 Å². The molecule has 2 N–H and O–H groups in total. The first-order valence-electron chi connectivity index (χ1n) is 8.64. The fourth-order valence-corrected chi connectivity index (χ4v) is 2.82. The van der Waals surface area contributed by atoms with Crippen LogP contribution in [0.4, 0.5) is 4.79 Å². The Kier molecular flexibility index (Phi) is 6.91. The van der Waals surface area contributed by atoms with Crippen LogP contribution >= 0.6 is 0 Å². The van der Waals surface area contributed by atoms with Crippen LogP contribution in [0.15, 0.2) is 18.2 Å². The molecule has 1 aromatic rings. The Morgan fingerprint density at radius 2 is 1.72 bits per heavy atom. The average Bonchev–Trinajstić information content (AvgIpc) is 2.65. The van der Waals surface area contributed by atoms with Crippen molar-refractivity contribution >= 4 is 11.9 Å². The molecule has 0 radical (unpaired) electrons. The minimum Gasteiger partial charge on any atom is -0.497 e. The van der Waals surface area contributed by atoms with E-state index in [1.54, 1.807) is 37.3 Å². The molecule has 7 heteroatoms. The Bertz CT molecular complexity index is 576. The number of nitrogens with one attached hydrogen (secondary N) is 2. The second kappa shape index (κ2) is 9.15. The largest absolute Gasteiger partial charge is 0.497 e. The Morgan fingerprint density at radius 3 is 2.24 bits per heavy atom. The van der Waals surface area contributed by atoms with E-state index < -0.39 is 0 Å². The van der Waals surface area contributed by atoms with Crippen molar-refractivity contribution in [3.8, 4) is 11.5 Å². The maximum atomic E-state index is 12.7. The van der Waals surface area contributed by atoms with Gasteiger partial charge in [-0.05, 0) is 31.4 Å². The summed E-state index contributed by atoms with van der Waals surface area (Å²) in [5.41, 5.74) is 0.545. The van der Waals surface area contributed by atoms with E-state index in [0.717, 1.165) is 19.3 Å². The molecule has 1 aliphatic rings. The van der Waals surface area contributed by atoms with Crippen molar-refractivity contribution in [3.63, 3.8) is 0 Å². The SMILES string of the molecule is CCCNC(=O)NC1CCN(C(=O)c2cc(OC)cc(OC)c2)CC1. The number of methoxy groups -OCH3 is 2. The van der Waals surface area contributed by atoms with Crippen LogP contribution in [-0.2, 0) is 0 Å². The second-order valence-electron chi connectivity index (χ2n) is 6.07. The topological polar surface area (TPSA) is 79.9 Å². The van der Waals surface area contributed by atoms with Crippen LogP contribution in [0.2, 0.25) is 0 Å². The summed E-state index contributed by atoms with van der Waals surface area (Å²) in [5, 5.41) is 5.77. The number of benzene rings is 1. The third-order valence-electron chi connectivity index (χ3n) is 4.25. The Labute approximate surface area is 148 Å². The first-order chi connectivity index (χ1) is 12.1. The van der Waals surface area contributed by atoms with Gasteiger partial charge < -0.3 is 25.0 Å². The molecule has 0 aromatic heterocycles. The molecule has 2 rings (SSSR count). The van der Waals surface area contributed by atoms with E-state index in [4.69, 9.17) is 9.47 Å². The molecule has 1 aliphatic heterocycles. The summed E-state index contributed by atoms with van der Waals surface area (Å²) in [5.74, 6) is 1.13. The molecule has 25 heavy (non-hydrogen) atoms. The number of piperidine rings is 1. The molecule has 0 saturated carbocycles. The molecule has 1 aromatic carbocycles. The van der Waals surface area contributed by atoms with Gasteiger partial charge in [0.05, 0.1) is 14.2 Å². The number of carbonyl (C=O) groups is 2. The number of ether oxygens (including phenoxy) is 2. The molecule has 0 bridgehead atoms. The summed E-state index contributed by atoms with van der Waals surface area (Å²) in [7, 11) is 3.12. The fourth-order valence-electron chi connectivity index (χ4n) is 2.82. The minimum absolute atomic E-state index is 0.0499. The zero-order valence-corrected chi connectivity index (χ0v) is 15.1. The van der Waals surface area contributed by atoms with Gasteiger partial charge in [-0.2, -0.15) is 0 Å². The van der Waals surface area contributed by atoms with Crippen LogP contribution in [0.3, 0.4) is 0 Å². The monoisotopic (exact) mass is 349 g/mol. The van der Waals surface area contributed by atoms with E-state index in [9.17, 15) is 9.59 Å². The highest BCUT2D eigenvalue weighted by atomic mass is 16.5. The summed E-state index contributed by atoms with van der Waals surface area (Å²) in [6.45, 7) is 3.90. The molecule has 0 aliphatic carbocycles. The van der Waals surface area contributed by atoms with E-state index in [1.807, 2.05) is 6.92 Å². The van der Waals surface area contributed by atoms with Gasteiger partial charge in [-0.15, -0.1) is 0 Å². The van der Waals surface area contributed by atoms with E-state index in [1.165, 1.54) is 0 Å². The van der Waals surface area contributed by atoms with Gasteiger partial charge in [-0.3, -0.25) is 4.79 Å². The van der Waals surface area contributed by atoms with Crippen LogP contribution in [-0.4, -0.2) is 56.7 Å². The van der Waals surface area contributed by atoms with Gasteiger partial charge in [-0.25, -0.2) is 4.79 Å². The van der Waals surface area contributed by atoms with Crippen molar-refractivity contribution in [3.05, 3.63) is 23.8 Å². The Morgan fingerprint density at radius 1 is 1.12 bits per heavy atom. The maximum Gasteiger partial charge on any atom is 0.315 e. The lowest BCUT2D eigenvalue weighted by molar-refractivity contribution is 0.0707. The predicted molar refractivity (Wildman–Crippen MR) is 95.3 cm³/mol. The van der Waals surface area contributed by atoms with Gasteiger partial charge in [0.15, 0.2) is 0 Å². The van der Waals surface area contributed by atoms with Gasteiger partial charge in [0.2, 0.25) is 0 Å². The molecule has 0 atom stereocenters. The van der Waals surface area contributed by atoms with Crippen molar-refractivity contribution in [2.75, 3.05) is 33.9 Å². The van der Waals surface area contributed by atoms with Crippen LogP contribution in [0.1, 0.15) is 36.5 Å². The number of hydrogen-bond acceptors (Lipinski definition) is 4. The molecule has 138 valence electrons. The zero-order chi connectivity index (χ0) is 18.2. The number of nitrogens with zero attached hydrogens (tertiary/aromatic N) is 1. The van der Waals surface area contributed by atoms with Crippen LogP contribution in [0, 0.1) is 0 Å². The van der Waals surface area contributed by atoms with E-state index in [0.29, 0.717) is 36.7 Å². The number of rotatable bonds is 6. The molecule has 1 fully saturated rings. The van der Waals surface area contributed by atoms with E-state index >= 15 is 0 Å². The summed E-state index contributed by atoms with van der Waals surface area (Å²) >= 11 is 0. The summed E-state index contributed by atoms with van der Waals surface area (Å²) < 4.78 is 10.4. The van der Waals surface area contributed by atoms with Gasteiger partial charge >= 0.3 is 6.03 Å². The van der Waals surface area contributed by atoms with Crippen LogP contribution < -0.4 is 20.1 Å². The number of carbonyl (C=O) groups excluding carboxylic acids is 2. The lowest BCUT2D eigenvalue weighted by Gasteiger charge is -2.32. The summed E-state index contributed by atoms with van der Waals surface area (Å²) in [6.07, 6.45) is 2.39. The van der Waals surface area contributed by atoms with Gasteiger partial charge in [-0.1, -0.05) is 6.92 Å². The number of amides is 3. The normalized spacial score (nSPS) is 14.8. The smallest absolute Gasteiger partial charge is 0.315 e. The molecular weight excluding hydrogens is 322 g/mol. The number of urea groups is 1. The second-order valence-corrected chi connectivity index (χ2v) is 6.07. The molecular formula is C18H27N3O4.